The van der Waals surface area contributed by atoms with E-state index in [2.05, 4.69) is 31.9 Å². The molecular weight excluding hydrogens is 367 g/mol. The normalized spacial score (nSPS) is 10.5. The largest absolute Gasteiger partial charge is 0.293 e. The van der Waals surface area contributed by atoms with Crippen molar-refractivity contribution in [2.24, 2.45) is 0 Å². The Kier molecular flexibility index (Phi) is 4.52. The Hall–Kier alpha value is -0.470. The number of carbonyl (C=O) groups excluding carboxylic acids is 1. The maximum Gasteiger partial charge on any atom is 0.173 e. The van der Waals surface area contributed by atoms with Crippen LogP contribution in [-0.4, -0.2) is 20.9 Å². The molecule has 0 N–H and O–H groups in total. The van der Waals surface area contributed by atoms with E-state index in [-0.39, 0.29) is 5.78 Å². The van der Waals surface area contributed by atoms with Crippen LogP contribution in [0.4, 0.5) is 0 Å². The molecule has 3 nitrogen and oxygen atoms in total. The van der Waals surface area contributed by atoms with E-state index in [1.54, 1.807) is 0 Å². The van der Waals surface area contributed by atoms with Crippen molar-refractivity contribution in [2.45, 2.75) is 11.3 Å². The highest BCUT2D eigenvalue weighted by Gasteiger charge is 2.08. The van der Waals surface area contributed by atoms with E-state index in [9.17, 15) is 4.79 Å². The lowest BCUT2D eigenvalue weighted by atomic mass is 10.2. The number of hydrogen-bond donors (Lipinski definition) is 0. The molecule has 0 atom stereocenters. The summed E-state index contributed by atoms with van der Waals surface area (Å²) in [6, 6.07) is 7.59. The van der Waals surface area contributed by atoms with Crippen LogP contribution < -0.4 is 0 Å². The van der Waals surface area contributed by atoms with Crippen LogP contribution in [-0.2, 0) is 0 Å². The highest BCUT2D eigenvalue weighted by atomic mass is 127. The lowest BCUT2D eigenvalue weighted by Gasteiger charge is -1.99. The molecule has 0 saturated carbocycles. The zero-order valence-corrected chi connectivity index (χ0v) is 12.8. The third-order valence-corrected chi connectivity index (χ3v) is 4.65. The molecule has 0 radical (unpaired) electrons. The zero-order chi connectivity index (χ0) is 12.3. The topological polar surface area (TPSA) is 42.9 Å². The SMILES string of the molecule is Cc1nsc(SCC(=O)c2ccc(I)cc2)n1. The molecule has 0 fully saturated rings. The third-order valence-electron chi connectivity index (χ3n) is 2.00. The fourth-order valence-electron chi connectivity index (χ4n) is 1.18. The standard InChI is InChI=1S/C11H9IN2OS2/c1-7-13-11(17-14-7)16-6-10(15)8-2-4-9(12)5-3-8/h2-5H,6H2,1H3. The van der Waals surface area contributed by atoms with Crippen LogP contribution in [0.1, 0.15) is 16.2 Å². The molecule has 1 heterocycles. The summed E-state index contributed by atoms with van der Waals surface area (Å²) >= 11 is 5.00. The molecule has 17 heavy (non-hydrogen) atoms. The monoisotopic (exact) mass is 376 g/mol. The van der Waals surface area contributed by atoms with Crippen molar-refractivity contribution in [2.75, 3.05) is 5.75 Å². The second-order valence-electron chi connectivity index (χ2n) is 3.33. The number of rotatable bonds is 4. The summed E-state index contributed by atoms with van der Waals surface area (Å²) < 4.78 is 6.06. The first-order chi connectivity index (χ1) is 8.15. The summed E-state index contributed by atoms with van der Waals surface area (Å²) in [5.74, 6) is 1.30. The Morgan fingerprint density at radius 1 is 1.41 bits per heavy atom. The molecule has 6 heteroatoms. The smallest absolute Gasteiger partial charge is 0.173 e. The van der Waals surface area contributed by atoms with Crippen LogP contribution in [0, 0.1) is 10.5 Å². The van der Waals surface area contributed by atoms with Gasteiger partial charge in [-0.05, 0) is 53.2 Å². The Morgan fingerprint density at radius 2 is 2.12 bits per heavy atom. The van der Waals surface area contributed by atoms with E-state index in [0.717, 1.165) is 19.3 Å². The molecule has 0 spiro atoms. The predicted octanol–water partition coefficient (Wildman–Crippen LogP) is 3.43. The molecular formula is C11H9IN2OS2. The number of aryl methyl sites for hydroxylation is 1. The van der Waals surface area contributed by atoms with Gasteiger partial charge in [-0.25, -0.2) is 4.98 Å². The van der Waals surface area contributed by atoms with Gasteiger partial charge in [0.2, 0.25) is 0 Å². The van der Waals surface area contributed by atoms with Crippen molar-refractivity contribution in [1.29, 1.82) is 0 Å². The van der Waals surface area contributed by atoms with Crippen molar-refractivity contribution in [1.82, 2.24) is 9.36 Å². The van der Waals surface area contributed by atoms with Crippen LogP contribution >= 0.6 is 45.9 Å². The molecule has 1 aromatic heterocycles. The number of aromatic nitrogens is 2. The average Bonchev–Trinajstić information content (AvgIpc) is 2.73. The second-order valence-corrected chi connectivity index (χ2v) is 6.55. The fraction of sp³-hybridized carbons (Fsp3) is 0.182. The number of benzene rings is 1. The summed E-state index contributed by atoms with van der Waals surface area (Å²) in [5, 5.41) is 0. The maximum atomic E-state index is 11.9. The van der Waals surface area contributed by atoms with E-state index in [0.29, 0.717) is 5.75 Å². The van der Waals surface area contributed by atoms with E-state index in [1.165, 1.54) is 23.3 Å². The minimum absolute atomic E-state index is 0.124. The molecule has 2 rings (SSSR count). The van der Waals surface area contributed by atoms with Crippen molar-refractivity contribution >= 4 is 51.7 Å². The number of thioether (sulfide) groups is 1. The number of halogens is 1. The molecule has 0 unspecified atom stereocenters. The van der Waals surface area contributed by atoms with Gasteiger partial charge in [-0.15, -0.1) is 0 Å². The summed E-state index contributed by atoms with van der Waals surface area (Å²) in [4.78, 5) is 16.1. The lowest BCUT2D eigenvalue weighted by Crippen LogP contribution is -2.01. The number of ketones is 1. The van der Waals surface area contributed by atoms with Crippen molar-refractivity contribution < 1.29 is 4.79 Å². The number of Topliss-reactive ketones (excluding diaryl/α,β-unsaturated/α-hetero) is 1. The number of carbonyl (C=O) groups is 1. The highest BCUT2D eigenvalue weighted by Crippen LogP contribution is 2.21. The minimum Gasteiger partial charge on any atom is -0.293 e. The van der Waals surface area contributed by atoms with Crippen LogP contribution in [0.2, 0.25) is 0 Å². The van der Waals surface area contributed by atoms with Crippen LogP contribution in [0.3, 0.4) is 0 Å². The number of nitrogens with zero attached hydrogens (tertiary/aromatic N) is 2. The molecule has 0 aliphatic heterocycles. The van der Waals surface area contributed by atoms with E-state index < -0.39 is 0 Å². The Bertz CT molecular complexity index is 525. The van der Waals surface area contributed by atoms with Gasteiger partial charge in [0, 0.05) is 9.13 Å². The van der Waals surface area contributed by atoms with Crippen molar-refractivity contribution in [3.63, 3.8) is 0 Å². The first-order valence-electron chi connectivity index (χ1n) is 4.87. The van der Waals surface area contributed by atoms with Crippen LogP contribution in [0.25, 0.3) is 0 Å². The van der Waals surface area contributed by atoms with Gasteiger partial charge in [0.1, 0.15) is 5.82 Å². The molecule has 0 aliphatic carbocycles. The average molecular weight is 376 g/mol. The summed E-state index contributed by atoms with van der Waals surface area (Å²) in [6.07, 6.45) is 0. The Morgan fingerprint density at radius 3 is 2.71 bits per heavy atom. The molecule has 88 valence electrons. The summed E-state index contributed by atoms with van der Waals surface area (Å²) in [6.45, 7) is 1.85. The van der Waals surface area contributed by atoms with Gasteiger partial charge in [0.25, 0.3) is 0 Å². The lowest BCUT2D eigenvalue weighted by molar-refractivity contribution is 0.102. The second kappa shape index (κ2) is 5.92. The fourth-order valence-corrected chi connectivity index (χ4v) is 3.08. The van der Waals surface area contributed by atoms with Gasteiger partial charge in [0.15, 0.2) is 10.1 Å². The molecule has 0 saturated heterocycles. The van der Waals surface area contributed by atoms with E-state index in [1.807, 2.05) is 31.2 Å². The molecule has 0 bridgehead atoms. The summed E-state index contributed by atoms with van der Waals surface area (Å²) in [7, 11) is 0. The van der Waals surface area contributed by atoms with Gasteiger partial charge in [-0.3, -0.25) is 4.79 Å². The van der Waals surface area contributed by atoms with E-state index in [4.69, 9.17) is 0 Å². The molecule has 0 amide bonds. The van der Waals surface area contributed by atoms with E-state index >= 15 is 0 Å². The zero-order valence-electron chi connectivity index (χ0n) is 9.01. The highest BCUT2D eigenvalue weighted by molar-refractivity contribution is 14.1. The maximum absolute atomic E-state index is 11.9. The van der Waals surface area contributed by atoms with Crippen molar-refractivity contribution in [3.8, 4) is 0 Å². The van der Waals surface area contributed by atoms with Gasteiger partial charge < -0.3 is 0 Å². The van der Waals surface area contributed by atoms with Crippen LogP contribution in [0.15, 0.2) is 28.6 Å². The van der Waals surface area contributed by atoms with Gasteiger partial charge in [0.05, 0.1) is 5.75 Å². The number of hydrogen-bond acceptors (Lipinski definition) is 5. The van der Waals surface area contributed by atoms with Gasteiger partial charge in [-0.2, -0.15) is 4.37 Å². The van der Waals surface area contributed by atoms with Gasteiger partial charge in [-0.1, -0.05) is 23.9 Å². The first kappa shape index (κ1) is 13.0. The molecule has 0 aliphatic rings. The third kappa shape index (κ3) is 3.75. The predicted molar refractivity (Wildman–Crippen MR) is 78.9 cm³/mol. The summed E-state index contributed by atoms with van der Waals surface area (Å²) in [5.41, 5.74) is 0.749. The van der Waals surface area contributed by atoms with Crippen LogP contribution in [0.5, 0.6) is 0 Å². The molecule has 1 aromatic carbocycles. The minimum atomic E-state index is 0.124. The quantitative estimate of drug-likeness (QED) is 0.466. The van der Waals surface area contributed by atoms with Crippen molar-refractivity contribution in [3.05, 3.63) is 39.2 Å². The Balaban J connectivity index is 1.95. The first-order valence-corrected chi connectivity index (χ1v) is 7.71. The Labute approximate surface area is 121 Å². The molecule has 2 aromatic rings. The van der Waals surface area contributed by atoms with Gasteiger partial charge >= 0.3 is 0 Å².